The number of para-hydroxylation sites is 2. The molecule has 0 bridgehead atoms. The molecule has 3 nitrogen and oxygen atoms in total. The number of ether oxygens (including phenoxy) is 1. The third-order valence-corrected chi connectivity index (χ3v) is 5.48. The zero-order valence-corrected chi connectivity index (χ0v) is 19.7. The molecular weight excluding hydrogens is 382 g/mol. The fourth-order valence-corrected chi connectivity index (χ4v) is 3.61. The van der Waals surface area contributed by atoms with Crippen molar-refractivity contribution < 1.29 is 9.84 Å². The maximum Gasteiger partial charge on any atom is 0.128 e. The molecule has 162 valence electrons. The van der Waals surface area contributed by atoms with E-state index in [4.69, 9.17) is 9.73 Å². The topological polar surface area (TPSA) is 41.8 Å². The average Bonchev–Trinajstić information content (AvgIpc) is 2.71. The summed E-state index contributed by atoms with van der Waals surface area (Å²) in [5, 5.41) is 10.8. The number of phenolic OH excluding ortho intramolecular Hbond substituents is 1. The monoisotopic (exact) mass is 415 g/mol. The van der Waals surface area contributed by atoms with Gasteiger partial charge in [0, 0.05) is 22.9 Å². The minimum absolute atomic E-state index is 0.0122. The number of benzene rings is 3. The van der Waals surface area contributed by atoms with Crippen molar-refractivity contribution in [2.75, 3.05) is 7.11 Å². The fourth-order valence-electron chi connectivity index (χ4n) is 3.61. The SMILES string of the molecule is COc1ccccc1-c1cc(C(C)(C)C)ccc1N=Cc1cccc(C(C)(C)C)c1O. The summed E-state index contributed by atoms with van der Waals surface area (Å²) in [4.78, 5) is 4.79. The minimum Gasteiger partial charge on any atom is -0.507 e. The molecule has 0 aliphatic carbocycles. The van der Waals surface area contributed by atoms with Crippen molar-refractivity contribution in [3.8, 4) is 22.6 Å². The van der Waals surface area contributed by atoms with Crippen LogP contribution in [0, 0.1) is 0 Å². The molecule has 0 aromatic heterocycles. The first-order valence-corrected chi connectivity index (χ1v) is 10.7. The Morgan fingerprint density at radius 3 is 2.16 bits per heavy atom. The smallest absolute Gasteiger partial charge is 0.128 e. The Hall–Kier alpha value is -3.07. The maximum atomic E-state index is 10.8. The van der Waals surface area contributed by atoms with Crippen LogP contribution in [-0.4, -0.2) is 18.4 Å². The van der Waals surface area contributed by atoms with Crippen LogP contribution < -0.4 is 4.74 Å². The lowest BCUT2D eigenvalue weighted by Crippen LogP contribution is -2.11. The van der Waals surface area contributed by atoms with E-state index in [1.54, 1.807) is 13.3 Å². The molecular formula is C28H33NO2. The van der Waals surface area contributed by atoms with E-state index in [1.807, 2.05) is 42.5 Å². The van der Waals surface area contributed by atoms with Gasteiger partial charge in [0.2, 0.25) is 0 Å². The molecule has 0 heterocycles. The van der Waals surface area contributed by atoms with E-state index in [2.05, 4.69) is 59.7 Å². The van der Waals surface area contributed by atoms with Gasteiger partial charge in [0.25, 0.3) is 0 Å². The molecule has 31 heavy (non-hydrogen) atoms. The van der Waals surface area contributed by atoms with Crippen LogP contribution in [0.4, 0.5) is 5.69 Å². The van der Waals surface area contributed by atoms with Gasteiger partial charge in [0.05, 0.1) is 12.8 Å². The number of aliphatic imine (C=N–C) groups is 1. The van der Waals surface area contributed by atoms with Gasteiger partial charge in [-0.05, 0) is 46.2 Å². The Kier molecular flexibility index (Phi) is 6.26. The Balaban J connectivity index is 2.14. The van der Waals surface area contributed by atoms with Crippen molar-refractivity contribution in [1.82, 2.24) is 0 Å². The maximum absolute atomic E-state index is 10.8. The molecule has 3 rings (SSSR count). The summed E-state index contributed by atoms with van der Waals surface area (Å²) in [6.45, 7) is 12.9. The van der Waals surface area contributed by atoms with E-state index in [-0.39, 0.29) is 16.6 Å². The second-order valence-electron chi connectivity index (χ2n) is 9.93. The third kappa shape index (κ3) is 4.99. The predicted molar refractivity (Wildman–Crippen MR) is 131 cm³/mol. The highest BCUT2D eigenvalue weighted by atomic mass is 16.5. The highest BCUT2D eigenvalue weighted by molar-refractivity contribution is 5.89. The molecule has 0 atom stereocenters. The van der Waals surface area contributed by atoms with E-state index >= 15 is 0 Å². The summed E-state index contributed by atoms with van der Waals surface area (Å²) in [5.74, 6) is 1.09. The zero-order chi connectivity index (χ0) is 22.8. The molecule has 0 aliphatic heterocycles. The number of aromatic hydroxyl groups is 1. The van der Waals surface area contributed by atoms with Crippen molar-refractivity contribution >= 4 is 11.9 Å². The van der Waals surface area contributed by atoms with Crippen molar-refractivity contribution in [3.63, 3.8) is 0 Å². The summed E-state index contributed by atoms with van der Waals surface area (Å²) in [6, 6.07) is 20.2. The third-order valence-electron chi connectivity index (χ3n) is 5.48. The van der Waals surface area contributed by atoms with Crippen LogP contribution >= 0.6 is 0 Å². The summed E-state index contributed by atoms with van der Waals surface area (Å²) in [6.07, 6.45) is 1.75. The lowest BCUT2D eigenvalue weighted by atomic mass is 9.85. The fraction of sp³-hybridized carbons (Fsp3) is 0.321. The van der Waals surface area contributed by atoms with Gasteiger partial charge in [0.15, 0.2) is 0 Å². The second kappa shape index (κ2) is 8.58. The van der Waals surface area contributed by atoms with Gasteiger partial charge < -0.3 is 9.84 Å². The van der Waals surface area contributed by atoms with Gasteiger partial charge in [-0.1, -0.05) is 77.9 Å². The van der Waals surface area contributed by atoms with Gasteiger partial charge >= 0.3 is 0 Å². The molecule has 0 spiro atoms. The lowest BCUT2D eigenvalue weighted by molar-refractivity contribution is 0.416. The second-order valence-corrected chi connectivity index (χ2v) is 9.93. The minimum atomic E-state index is -0.148. The molecule has 0 aliphatic rings. The average molecular weight is 416 g/mol. The Morgan fingerprint density at radius 1 is 0.806 bits per heavy atom. The molecule has 0 amide bonds. The molecule has 3 aromatic carbocycles. The predicted octanol–water partition coefficient (Wildman–Crippen LogP) is 7.41. The van der Waals surface area contributed by atoms with Crippen molar-refractivity contribution in [1.29, 1.82) is 0 Å². The quantitative estimate of drug-likeness (QED) is 0.451. The highest BCUT2D eigenvalue weighted by Crippen LogP contribution is 2.39. The van der Waals surface area contributed by atoms with Crippen LogP contribution in [0.25, 0.3) is 11.1 Å². The lowest BCUT2D eigenvalue weighted by Gasteiger charge is -2.22. The van der Waals surface area contributed by atoms with Gasteiger partial charge in [-0.25, -0.2) is 0 Å². The van der Waals surface area contributed by atoms with Gasteiger partial charge in [-0.15, -0.1) is 0 Å². The zero-order valence-electron chi connectivity index (χ0n) is 19.7. The largest absolute Gasteiger partial charge is 0.507 e. The first-order valence-electron chi connectivity index (χ1n) is 10.7. The number of phenols is 1. The van der Waals surface area contributed by atoms with Crippen LogP contribution in [0.3, 0.4) is 0 Å². The summed E-state index contributed by atoms with van der Waals surface area (Å²) >= 11 is 0. The van der Waals surface area contributed by atoms with E-state index in [1.165, 1.54) is 5.56 Å². The van der Waals surface area contributed by atoms with Gasteiger partial charge in [-0.3, -0.25) is 4.99 Å². The molecule has 3 heteroatoms. The number of hydrogen-bond acceptors (Lipinski definition) is 3. The molecule has 0 radical (unpaired) electrons. The van der Waals surface area contributed by atoms with Gasteiger partial charge in [0.1, 0.15) is 11.5 Å². The molecule has 1 N–H and O–H groups in total. The van der Waals surface area contributed by atoms with E-state index in [9.17, 15) is 5.11 Å². The van der Waals surface area contributed by atoms with Crippen LogP contribution in [0.15, 0.2) is 65.7 Å². The van der Waals surface area contributed by atoms with Gasteiger partial charge in [-0.2, -0.15) is 0 Å². The molecule has 0 saturated heterocycles. The van der Waals surface area contributed by atoms with Crippen molar-refractivity contribution in [2.45, 2.75) is 52.4 Å². The van der Waals surface area contributed by atoms with Crippen LogP contribution in [-0.2, 0) is 10.8 Å². The van der Waals surface area contributed by atoms with Crippen LogP contribution in [0.1, 0.15) is 58.2 Å². The van der Waals surface area contributed by atoms with Crippen LogP contribution in [0.5, 0.6) is 11.5 Å². The first-order chi connectivity index (χ1) is 14.5. The van der Waals surface area contributed by atoms with Crippen molar-refractivity contribution in [3.05, 3.63) is 77.4 Å². The Labute approximate surface area is 186 Å². The highest BCUT2D eigenvalue weighted by Gasteiger charge is 2.20. The van der Waals surface area contributed by atoms with E-state index < -0.39 is 0 Å². The molecule has 3 aromatic rings. The Morgan fingerprint density at radius 2 is 1.52 bits per heavy atom. The summed E-state index contributed by atoms with van der Waals surface area (Å²) < 4.78 is 5.62. The van der Waals surface area contributed by atoms with Crippen molar-refractivity contribution in [2.24, 2.45) is 4.99 Å². The number of nitrogens with zero attached hydrogens (tertiary/aromatic N) is 1. The van der Waals surface area contributed by atoms with Crippen LogP contribution in [0.2, 0.25) is 0 Å². The van der Waals surface area contributed by atoms with E-state index in [0.29, 0.717) is 5.56 Å². The number of hydrogen-bond donors (Lipinski definition) is 1. The standard InChI is InChI=1S/C28H33NO2/c1-27(2,3)20-15-16-24(22(17-20)21-12-8-9-14-25(21)31-7)29-18-19-11-10-13-23(26(19)30)28(4,5)6/h8-18,30H,1-7H3. The first kappa shape index (κ1) is 22.6. The molecule has 0 fully saturated rings. The number of rotatable bonds is 4. The Bertz CT molecular complexity index is 1100. The number of methoxy groups -OCH3 is 1. The normalized spacial score (nSPS) is 12.4. The molecule has 0 unspecified atom stereocenters. The summed E-state index contributed by atoms with van der Waals surface area (Å²) in [7, 11) is 1.69. The van der Waals surface area contributed by atoms with E-state index in [0.717, 1.165) is 28.1 Å². The summed E-state index contributed by atoms with van der Waals surface area (Å²) in [5.41, 5.74) is 5.54. The molecule has 0 saturated carbocycles.